The van der Waals surface area contributed by atoms with Gasteiger partial charge in [-0.05, 0) is 67.8 Å². The summed E-state index contributed by atoms with van der Waals surface area (Å²) >= 11 is 0. The fraction of sp³-hybridized carbons (Fsp3) is 0.357. The first-order chi connectivity index (χ1) is 17.3. The van der Waals surface area contributed by atoms with Crippen LogP contribution in [0.2, 0.25) is 0 Å². The highest BCUT2D eigenvalue weighted by Crippen LogP contribution is 2.22. The number of carbonyl (C=O) groups excluding carboxylic acids is 2. The van der Waals surface area contributed by atoms with Gasteiger partial charge in [0.05, 0.1) is 11.4 Å². The standard InChI is InChI=1S/C28H34FN3O4S/c1-6-25(27(34)30-28(2,3)4)32(18-20-11-14-23(29)15-12-20)26(33)19-31(5)37(35,36)24-16-13-21-9-7-8-10-22(21)17-24/h7-17,25H,6,18-19H2,1-5H3,(H,30,34)/t25-/m1/s1. The van der Waals surface area contributed by atoms with Crippen molar-refractivity contribution < 1.29 is 22.4 Å². The summed E-state index contributed by atoms with van der Waals surface area (Å²) in [7, 11) is -2.64. The fourth-order valence-electron chi connectivity index (χ4n) is 4.03. The van der Waals surface area contributed by atoms with E-state index in [0.717, 1.165) is 15.1 Å². The Hall–Kier alpha value is -3.30. The van der Waals surface area contributed by atoms with Gasteiger partial charge in [0.2, 0.25) is 21.8 Å². The van der Waals surface area contributed by atoms with Crippen LogP contribution >= 0.6 is 0 Å². The van der Waals surface area contributed by atoms with Crippen LogP contribution in [0, 0.1) is 5.82 Å². The van der Waals surface area contributed by atoms with E-state index in [4.69, 9.17) is 0 Å². The molecule has 0 aliphatic rings. The van der Waals surface area contributed by atoms with Crippen molar-refractivity contribution in [3.8, 4) is 0 Å². The Bertz CT molecular complexity index is 1370. The van der Waals surface area contributed by atoms with Gasteiger partial charge < -0.3 is 10.2 Å². The smallest absolute Gasteiger partial charge is 0.243 e. The summed E-state index contributed by atoms with van der Waals surface area (Å²) < 4.78 is 41.1. The van der Waals surface area contributed by atoms with Gasteiger partial charge in [-0.15, -0.1) is 0 Å². The van der Waals surface area contributed by atoms with E-state index in [1.54, 1.807) is 31.2 Å². The number of likely N-dealkylation sites (N-methyl/N-ethyl adjacent to an activating group) is 1. The lowest BCUT2D eigenvalue weighted by Crippen LogP contribution is -2.55. The predicted octanol–water partition coefficient (Wildman–Crippen LogP) is 4.32. The lowest BCUT2D eigenvalue weighted by Gasteiger charge is -2.34. The molecule has 7 nitrogen and oxygen atoms in total. The Labute approximate surface area is 218 Å². The molecule has 0 aromatic heterocycles. The van der Waals surface area contributed by atoms with E-state index in [2.05, 4.69) is 5.32 Å². The average Bonchev–Trinajstić information content (AvgIpc) is 2.83. The Morgan fingerprint density at radius 1 is 0.973 bits per heavy atom. The summed E-state index contributed by atoms with van der Waals surface area (Å²) in [4.78, 5) is 28.1. The lowest BCUT2D eigenvalue weighted by atomic mass is 10.1. The Morgan fingerprint density at radius 2 is 1.59 bits per heavy atom. The van der Waals surface area contributed by atoms with Crippen LogP contribution in [0.5, 0.6) is 0 Å². The molecule has 0 saturated carbocycles. The van der Waals surface area contributed by atoms with E-state index in [0.29, 0.717) is 12.0 Å². The number of nitrogens with zero attached hydrogens (tertiary/aromatic N) is 2. The minimum absolute atomic E-state index is 0.0268. The van der Waals surface area contributed by atoms with Gasteiger partial charge in [0.15, 0.2) is 0 Å². The number of hydrogen-bond donors (Lipinski definition) is 1. The van der Waals surface area contributed by atoms with Crippen molar-refractivity contribution in [2.45, 2.75) is 57.1 Å². The fourth-order valence-corrected chi connectivity index (χ4v) is 5.19. The van der Waals surface area contributed by atoms with E-state index in [9.17, 15) is 22.4 Å². The second kappa shape index (κ2) is 11.4. The van der Waals surface area contributed by atoms with Gasteiger partial charge in [-0.25, -0.2) is 12.8 Å². The molecule has 3 rings (SSSR count). The lowest BCUT2D eigenvalue weighted by molar-refractivity contribution is -0.142. The Balaban J connectivity index is 1.89. The van der Waals surface area contributed by atoms with Crippen LogP contribution in [-0.2, 0) is 26.2 Å². The topological polar surface area (TPSA) is 86.8 Å². The maximum atomic E-state index is 13.6. The molecule has 0 spiro atoms. The summed E-state index contributed by atoms with van der Waals surface area (Å²) in [6.07, 6.45) is 0.315. The molecule has 0 fully saturated rings. The number of benzene rings is 3. The number of halogens is 1. The van der Waals surface area contributed by atoms with E-state index in [1.807, 2.05) is 45.0 Å². The zero-order chi connectivity index (χ0) is 27.4. The van der Waals surface area contributed by atoms with Crippen molar-refractivity contribution in [2.75, 3.05) is 13.6 Å². The molecule has 9 heteroatoms. The maximum absolute atomic E-state index is 13.6. The molecule has 0 saturated heterocycles. The third-order valence-corrected chi connectivity index (χ3v) is 7.74. The number of sulfonamides is 1. The van der Waals surface area contributed by atoms with Gasteiger partial charge >= 0.3 is 0 Å². The Kier molecular flexibility index (Phi) is 8.71. The Morgan fingerprint density at radius 3 is 2.19 bits per heavy atom. The van der Waals surface area contributed by atoms with Crippen LogP contribution in [-0.4, -0.2) is 54.6 Å². The largest absolute Gasteiger partial charge is 0.350 e. The molecule has 1 atom stereocenters. The summed E-state index contributed by atoms with van der Waals surface area (Å²) in [5.74, 6) is -1.29. The van der Waals surface area contributed by atoms with Gasteiger partial charge in [-0.3, -0.25) is 9.59 Å². The zero-order valence-corrected chi connectivity index (χ0v) is 22.7. The van der Waals surface area contributed by atoms with E-state index >= 15 is 0 Å². The third-order valence-electron chi connectivity index (χ3n) is 5.94. The van der Waals surface area contributed by atoms with Crippen LogP contribution in [0.15, 0.2) is 71.6 Å². The number of fused-ring (bicyclic) bond motifs is 1. The zero-order valence-electron chi connectivity index (χ0n) is 21.9. The number of nitrogens with one attached hydrogen (secondary N) is 1. The van der Waals surface area contributed by atoms with Gasteiger partial charge in [0.1, 0.15) is 11.9 Å². The highest BCUT2D eigenvalue weighted by atomic mass is 32.2. The SMILES string of the molecule is CC[C@H](C(=O)NC(C)(C)C)N(Cc1ccc(F)cc1)C(=O)CN(C)S(=O)(=O)c1ccc2ccccc2c1. The number of rotatable bonds is 9. The normalized spacial score (nSPS) is 12.9. The monoisotopic (exact) mass is 527 g/mol. The van der Waals surface area contributed by atoms with Gasteiger partial charge in [-0.2, -0.15) is 4.31 Å². The molecule has 198 valence electrons. The minimum Gasteiger partial charge on any atom is -0.350 e. The van der Waals surface area contributed by atoms with Gasteiger partial charge in [0, 0.05) is 19.1 Å². The number of amides is 2. The summed E-state index contributed by atoms with van der Waals surface area (Å²) in [5, 5.41) is 4.58. The second-order valence-corrected chi connectivity index (χ2v) is 12.1. The molecule has 0 radical (unpaired) electrons. The van der Waals surface area contributed by atoms with Crippen molar-refractivity contribution in [3.63, 3.8) is 0 Å². The number of hydrogen-bond acceptors (Lipinski definition) is 4. The molecule has 0 bridgehead atoms. The average molecular weight is 528 g/mol. The quantitative estimate of drug-likeness (QED) is 0.449. The number of carbonyl (C=O) groups is 2. The van der Waals surface area contributed by atoms with Crippen LogP contribution in [0.4, 0.5) is 4.39 Å². The molecular formula is C28H34FN3O4S. The minimum atomic E-state index is -3.98. The summed E-state index contributed by atoms with van der Waals surface area (Å²) in [6.45, 7) is 6.87. The first kappa shape index (κ1) is 28.3. The molecule has 0 unspecified atom stereocenters. The molecule has 0 aliphatic carbocycles. The summed E-state index contributed by atoms with van der Waals surface area (Å²) in [5.41, 5.74) is 0.0995. The molecule has 1 N–H and O–H groups in total. The van der Waals surface area contributed by atoms with Crippen molar-refractivity contribution in [2.24, 2.45) is 0 Å². The second-order valence-electron chi connectivity index (χ2n) is 10.1. The van der Waals surface area contributed by atoms with Crippen LogP contribution in [0.1, 0.15) is 39.7 Å². The first-order valence-electron chi connectivity index (χ1n) is 12.1. The molecule has 3 aromatic rings. The van der Waals surface area contributed by atoms with Crippen molar-refractivity contribution in [1.82, 2.24) is 14.5 Å². The van der Waals surface area contributed by atoms with Crippen molar-refractivity contribution in [1.29, 1.82) is 0 Å². The summed E-state index contributed by atoms with van der Waals surface area (Å²) in [6, 6.07) is 17.0. The molecule has 3 aromatic carbocycles. The van der Waals surface area contributed by atoms with Crippen LogP contribution in [0.25, 0.3) is 10.8 Å². The molecular weight excluding hydrogens is 493 g/mol. The van der Waals surface area contributed by atoms with Crippen LogP contribution in [0.3, 0.4) is 0 Å². The van der Waals surface area contributed by atoms with Gasteiger partial charge in [-0.1, -0.05) is 49.4 Å². The van der Waals surface area contributed by atoms with E-state index in [-0.39, 0.29) is 17.3 Å². The van der Waals surface area contributed by atoms with Crippen molar-refractivity contribution >= 4 is 32.6 Å². The van der Waals surface area contributed by atoms with E-state index in [1.165, 1.54) is 30.1 Å². The molecule has 37 heavy (non-hydrogen) atoms. The third kappa shape index (κ3) is 7.14. The highest BCUT2D eigenvalue weighted by molar-refractivity contribution is 7.89. The molecule has 0 heterocycles. The van der Waals surface area contributed by atoms with Gasteiger partial charge in [0.25, 0.3) is 0 Å². The van der Waals surface area contributed by atoms with Crippen molar-refractivity contribution in [3.05, 3.63) is 78.1 Å². The molecule has 2 amide bonds. The maximum Gasteiger partial charge on any atom is 0.243 e. The van der Waals surface area contributed by atoms with Crippen LogP contribution < -0.4 is 5.32 Å². The highest BCUT2D eigenvalue weighted by Gasteiger charge is 2.33. The van der Waals surface area contributed by atoms with E-state index < -0.39 is 39.9 Å². The first-order valence-corrected chi connectivity index (χ1v) is 13.6. The molecule has 0 aliphatic heterocycles. The predicted molar refractivity (Wildman–Crippen MR) is 143 cm³/mol.